The number of hydrogen-bond acceptors (Lipinski definition) is 12. The Bertz CT molecular complexity index is 1190. The van der Waals surface area contributed by atoms with Crippen molar-refractivity contribution in [3.8, 4) is 0 Å². The van der Waals surface area contributed by atoms with Crippen LogP contribution < -0.4 is 31.9 Å². The lowest BCUT2D eigenvalue weighted by atomic mass is 10.0. The average Bonchev–Trinajstić information content (AvgIpc) is 3.04. The molecule has 1 aliphatic heterocycles. The number of amides is 8. The summed E-state index contributed by atoms with van der Waals surface area (Å²) in [4.78, 5) is 129. The number of esters is 2. The van der Waals surface area contributed by atoms with Crippen molar-refractivity contribution in [1.29, 1.82) is 0 Å². The van der Waals surface area contributed by atoms with Crippen molar-refractivity contribution in [2.75, 3.05) is 65.6 Å². The van der Waals surface area contributed by atoms with Crippen LogP contribution in [0.1, 0.15) is 41.5 Å². The SMILES string of the molecule is CCOC(=O)CNC(=O)C(C(C)C)N1CC(=O)NCC(=O)NCC(=O)N(C(C(=O)NCC(=O)OCC)C(C)C)CC(=O)NCC(=O)NCC1=O. The van der Waals surface area contributed by atoms with E-state index in [2.05, 4.69) is 31.9 Å². The third-order valence-electron chi connectivity index (χ3n) is 6.93. The Morgan fingerprint density at radius 1 is 0.580 bits per heavy atom. The zero-order valence-corrected chi connectivity index (χ0v) is 29.2. The summed E-state index contributed by atoms with van der Waals surface area (Å²) < 4.78 is 9.59. The third-order valence-corrected chi connectivity index (χ3v) is 6.93. The van der Waals surface area contributed by atoms with Crippen LogP contribution in [0.2, 0.25) is 0 Å². The first kappa shape index (κ1) is 42.7. The molecule has 0 saturated carbocycles. The summed E-state index contributed by atoms with van der Waals surface area (Å²) >= 11 is 0. The Kier molecular flexibility index (Phi) is 18.5. The Balaban J connectivity index is 3.27. The van der Waals surface area contributed by atoms with Gasteiger partial charge in [0.25, 0.3) is 0 Å². The van der Waals surface area contributed by atoms with Gasteiger partial charge in [0.15, 0.2) is 0 Å². The quantitative estimate of drug-likeness (QED) is 0.105. The predicted octanol–water partition coefficient (Wildman–Crippen LogP) is -4.47. The maximum atomic E-state index is 13.3. The molecule has 8 amide bonds. The molecular weight excluding hydrogens is 664 g/mol. The summed E-state index contributed by atoms with van der Waals surface area (Å²) in [6.07, 6.45) is 0. The highest BCUT2D eigenvalue weighted by atomic mass is 16.5. The van der Waals surface area contributed by atoms with Crippen molar-refractivity contribution in [3.63, 3.8) is 0 Å². The van der Waals surface area contributed by atoms with E-state index in [0.717, 1.165) is 9.80 Å². The summed E-state index contributed by atoms with van der Waals surface area (Å²) in [7, 11) is 0. The van der Waals surface area contributed by atoms with Gasteiger partial charge in [-0.3, -0.25) is 47.9 Å². The molecule has 0 bridgehead atoms. The van der Waals surface area contributed by atoms with Gasteiger partial charge in [-0.1, -0.05) is 27.7 Å². The van der Waals surface area contributed by atoms with Crippen LogP contribution in [0.3, 0.4) is 0 Å². The van der Waals surface area contributed by atoms with Crippen LogP contribution in [-0.4, -0.2) is 147 Å². The summed E-state index contributed by atoms with van der Waals surface area (Å²) in [5, 5.41) is 13.9. The second kappa shape index (κ2) is 21.6. The van der Waals surface area contributed by atoms with Crippen LogP contribution in [0.5, 0.6) is 0 Å². The van der Waals surface area contributed by atoms with Crippen molar-refractivity contribution in [2.45, 2.75) is 53.6 Å². The first-order chi connectivity index (χ1) is 23.5. The van der Waals surface area contributed by atoms with Gasteiger partial charge in [-0.25, -0.2) is 0 Å². The minimum Gasteiger partial charge on any atom is -0.465 e. The van der Waals surface area contributed by atoms with Crippen LogP contribution in [0.25, 0.3) is 0 Å². The van der Waals surface area contributed by atoms with Crippen molar-refractivity contribution in [1.82, 2.24) is 41.7 Å². The largest absolute Gasteiger partial charge is 0.465 e. The van der Waals surface area contributed by atoms with Crippen LogP contribution in [-0.2, 0) is 57.4 Å². The van der Waals surface area contributed by atoms with Gasteiger partial charge in [-0.15, -0.1) is 0 Å². The molecule has 20 nitrogen and oxygen atoms in total. The van der Waals surface area contributed by atoms with E-state index in [4.69, 9.17) is 9.47 Å². The van der Waals surface area contributed by atoms with Gasteiger partial charge < -0.3 is 51.2 Å². The highest BCUT2D eigenvalue weighted by molar-refractivity contribution is 5.97. The molecular formula is C30H48N8O12. The molecule has 0 aliphatic carbocycles. The molecule has 1 heterocycles. The lowest BCUT2D eigenvalue weighted by molar-refractivity contribution is -0.148. The molecule has 1 saturated heterocycles. The van der Waals surface area contributed by atoms with Gasteiger partial charge in [-0.2, -0.15) is 0 Å². The maximum absolute atomic E-state index is 13.3. The highest BCUT2D eigenvalue weighted by Gasteiger charge is 2.36. The molecule has 50 heavy (non-hydrogen) atoms. The van der Waals surface area contributed by atoms with Gasteiger partial charge in [0.1, 0.15) is 38.3 Å². The van der Waals surface area contributed by atoms with E-state index in [9.17, 15) is 47.9 Å². The standard InChI is InChI=1S/C30H48N8O12/c1-7-49-25(45)13-35-29(47)27(17(3)4)37-15-21(41)31-9-20(40)34-12-24(44)38(16-22(42)32-10-19(39)33-11-23(37)43)28(18(5)6)30(48)36-14-26(46)50-8-2/h17-18,27-28H,7-16H2,1-6H3,(H,31,41)(H,32,42)(H,33,39)(H,34,40)(H,35,47)(H,36,48). The monoisotopic (exact) mass is 712 g/mol. The third kappa shape index (κ3) is 14.9. The zero-order chi connectivity index (χ0) is 38.0. The maximum Gasteiger partial charge on any atom is 0.325 e. The van der Waals surface area contributed by atoms with Crippen LogP contribution in [0.4, 0.5) is 0 Å². The van der Waals surface area contributed by atoms with E-state index < -0.39 is 135 Å². The number of ether oxygens (including phenoxy) is 2. The molecule has 0 radical (unpaired) electrons. The second-order valence-corrected chi connectivity index (χ2v) is 11.6. The number of hydrogen-bond donors (Lipinski definition) is 6. The van der Waals surface area contributed by atoms with Gasteiger partial charge in [0, 0.05) is 0 Å². The van der Waals surface area contributed by atoms with Gasteiger partial charge >= 0.3 is 11.9 Å². The summed E-state index contributed by atoms with van der Waals surface area (Å²) in [5.41, 5.74) is 0. The van der Waals surface area contributed by atoms with E-state index in [1.54, 1.807) is 41.5 Å². The summed E-state index contributed by atoms with van der Waals surface area (Å²) in [6, 6.07) is -2.60. The number of rotatable bonds is 12. The number of nitrogens with zero attached hydrogens (tertiary/aromatic N) is 2. The fraction of sp³-hybridized carbons (Fsp3) is 0.667. The molecule has 0 aromatic rings. The first-order valence-corrected chi connectivity index (χ1v) is 16.0. The Morgan fingerprint density at radius 2 is 0.900 bits per heavy atom. The zero-order valence-electron chi connectivity index (χ0n) is 29.2. The Labute approximate surface area is 289 Å². The van der Waals surface area contributed by atoms with Crippen LogP contribution in [0.15, 0.2) is 0 Å². The molecule has 0 aromatic heterocycles. The molecule has 1 aliphatic rings. The molecule has 20 heteroatoms. The van der Waals surface area contributed by atoms with Gasteiger partial charge in [0.2, 0.25) is 47.3 Å². The van der Waals surface area contributed by atoms with E-state index in [-0.39, 0.29) is 13.2 Å². The van der Waals surface area contributed by atoms with E-state index in [0.29, 0.717) is 0 Å². The van der Waals surface area contributed by atoms with Gasteiger partial charge in [-0.05, 0) is 25.7 Å². The number of carbonyl (C=O) groups excluding carboxylic acids is 10. The number of nitrogens with one attached hydrogen (secondary N) is 6. The van der Waals surface area contributed by atoms with Crippen molar-refractivity contribution >= 4 is 59.2 Å². The lowest BCUT2D eigenvalue weighted by Crippen LogP contribution is -2.59. The van der Waals surface area contributed by atoms with Crippen molar-refractivity contribution < 1.29 is 57.4 Å². The minimum absolute atomic E-state index is 0.0708. The minimum atomic E-state index is -1.30. The summed E-state index contributed by atoms with van der Waals surface area (Å²) in [6.45, 7) is 4.39. The lowest BCUT2D eigenvalue weighted by Gasteiger charge is -2.33. The topological polar surface area (TPSA) is 268 Å². The first-order valence-electron chi connectivity index (χ1n) is 16.0. The molecule has 1 fully saturated rings. The average molecular weight is 713 g/mol. The smallest absolute Gasteiger partial charge is 0.325 e. The number of carbonyl (C=O) groups is 10. The van der Waals surface area contributed by atoms with E-state index in [1.165, 1.54) is 0 Å². The van der Waals surface area contributed by atoms with Crippen LogP contribution in [0, 0.1) is 11.8 Å². The van der Waals surface area contributed by atoms with Crippen molar-refractivity contribution in [3.05, 3.63) is 0 Å². The molecule has 0 spiro atoms. The molecule has 2 atom stereocenters. The molecule has 280 valence electrons. The normalized spacial score (nSPS) is 17.0. The summed E-state index contributed by atoms with van der Waals surface area (Å²) in [5.74, 6) is -9.41. The Hall–Kier alpha value is -5.30. The predicted molar refractivity (Wildman–Crippen MR) is 172 cm³/mol. The fourth-order valence-corrected chi connectivity index (χ4v) is 4.70. The molecule has 0 aromatic carbocycles. The molecule has 2 unspecified atom stereocenters. The van der Waals surface area contributed by atoms with Crippen molar-refractivity contribution in [2.24, 2.45) is 11.8 Å². The van der Waals surface area contributed by atoms with E-state index >= 15 is 0 Å². The Morgan fingerprint density at radius 3 is 1.20 bits per heavy atom. The van der Waals surface area contributed by atoms with Crippen LogP contribution >= 0.6 is 0 Å². The second-order valence-electron chi connectivity index (χ2n) is 11.6. The molecule has 6 N–H and O–H groups in total. The highest BCUT2D eigenvalue weighted by Crippen LogP contribution is 2.13. The van der Waals surface area contributed by atoms with Gasteiger partial charge in [0.05, 0.1) is 39.4 Å². The molecule has 1 rings (SSSR count). The fourth-order valence-electron chi connectivity index (χ4n) is 4.70. The van der Waals surface area contributed by atoms with E-state index in [1.807, 2.05) is 0 Å².